The second kappa shape index (κ2) is 4.95. The van der Waals surface area contributed by atoms with Crippen molar-refractivity contribution in [3.63, 3.8) is 0 Å². The van der Waals surface area contributed by atoms with Gasteiger partial charge in [-0.25, -0.2) is 0 Å². The lowest BCUT2D eigenvalue weighted by atomic mass is 9.96. The maximum atomic E-state index is 6.24. The van der Waals surface area contributed by atoms with Gasteiger partial charge in [0.15, 0.2) is 0 Å². The highest BCUT2D eigenvalue weighted by Gasteiger charge is 2.30. The number of likely N-dealkylation sites (N-methyl/N-ethyl adjacent to an activating group) is 1. The van der Waals surface area contributed by atoms with Crippen LogP contribution in [-0.2, 0) is 0 Å². The van der Waals surface area contributed by atoms with E-state index in [2.05, 4.69) is 39.9 Å². The Morgan fingerprint density at radius 1 is 1.60 bits per heavy atom. The number of piperidine rings is 1. The van der Waals surface area contributed by atoms with Crippen LogP contribution in [0.25, 0.3) is 0 Å². The molecule has 1 aliphatic heterocycles. The van der Waals surface area contributed by atoms with Crippen LogP contribution in [0.3, 0.4) is 0 Å². The molecule has 1 fully saturated rings. The van der Waals surface area contributed by atoms with Crippen molar-refractivity contribution in [1.82, 2.24) is 4.90 Å². The predicted octanol–water partition coefficient (Wildman–Crippen LogP) is 2.99. The van der Waals surface area contributed by atoms with Crippen molar-refractivity contribution in [3.8, 4) is 0 Å². The van der Waals surface area contributed by atoms with E-state index in [1.165, 1.54) is 21.6 Å². The van der Waals surface area contributed by atoms with Crippen LogP contribution < -0.4 is 5.73 Å². The smallest absolute Gasteiger partial charge is 0.0702 e. The van der Waals surface area contributed by atoms with E-state index in [-0.39, 0.29) is 0 Å². The highest BCUT2D eigenvalue weighted by molar-refractivity contribution is 9.11. The van der Waals surface area contributed by atoms with Crippen LogP contribution in [0.2, 0.25) is 0 Å². The van der Waals surface area contributed by atoms with Crippen LogP contribution in [-0.4, -0.2) is 24.0 Å². The van der Waals surface area contributed by atoms with Gasteiger partial charge in [0.25, 0.3) is 0 Å². The molecular formula is C11H17BrN2S. The minimum Gasteiger partial charge on any atom is -0.326 e. The van der Waals surface area contributed by atoms with Gasteiger partial charge in [-0.1, -0.05) is 6.92 Å². The van der Waals surface area contributed by atoms with Crippen LogP contribution in [0.4, 0.5) is 0 Å². The lowest BCUT2D eigenvalue weighted by molar-refractivity contribution is 0.138. The molecule has 0 aromatic carbocycles. The first-order chi connectivity index (χ1) is 7.22. The molecule has 1 aliphatic rings. The molecule has 0 saturated carbocycles. The molecule has 0 amide bonds. The average molecular weight is 289 g/mol. The summed E-state index contributed by atoms with van der Waals surface area (Å²) in [5.41, 5.74) is 6.24. The molecule has 0 radical (unpaired) electrons. The molecule has 2 heterocycles. The first-order valence-corrected chi connectivity index (χ1v) is 7.08. The standard InChI is InChI=1S/C11H17BrN2S/c1-2-14-7-3-4-8(13)11(14)9-5-6-10(12)15-9/h5-6,8,11H,2-4,7,13H2,1H3. The third-order valence-corrected chi connectivity index (χ3v) is 4.77. The van der Waals surface area contributed by atoms with Crippen molar-refractivity contribution in [2.45, 2.75) is 31.8 Å². The maximum absolute atomic E-state index is 6.24. The van der Waals surface area contributed by atoms with E-state index in [1.54, 1.807) is 0 Å². The van der Waals surface area contributed by atoms with Gasteiger partial charge < -0.3 is 5.73 Å². The summed E-state index contributed by atoms with van der Waals surface area (Å²) in [6.45, 7) is 4.49. The molecule has 84 valence electrons. The Kier molecular flexibility index (Phi) is 3.83. The Morgan fingerprint density at radius 2 is 2.40 bits per heavy atom. The molecule has 0 bridgehead atoms. The Hall–Kier alpha value is 0.1000. The fraction of sp³-hybridized carbons (Fsp3) is 0.636. The van der Waals surface area contributed by atoms with E-state index in [4.69, 9.17) is 5.73 Å². The third-order valence-electron chi connectivity index (χ3n) is 3.07. The largest absolute Gasteiger partial charge is 0.326 e. The molecule has 1 aromatic rings. The van der Waals surface area contributed by atoms with Crippen molar-refractivity contribution in [2.24, 2.45) is 5.73 Å². The van der Waals surface area contributed by atoms with Gasteiger partial charge in [0.1, 0.15) is 0 Å². The Bertz CT molecular complexity index is 326. The summed E-state index contributed by atoms with van der Waals surface area (Å²) in [5.74, 6) is 0. The molecule has 2 rings (SSSR count). The monoisotopic (exact) mass is 288 g/mol. The molecular weight excluding hydrogens is 272 g/mol. The summed E-state index contributed by atoms with van der Waals surface area (Å²) in [4.78, 5) is 3.89. The van der Waals surface area contributed by atoms with Crippen molar-refractivity contribution >= 4 is 27.3 Å². The second-order valence-corrected chi connectivity index (χ2v) is 6.52. The topological polar surface area (TPSA) is 29.3 Å². The van der Waals surface area contributed by atoms with Crippen molar-refractivity contribution < 1.29 is 0 Å². The lowest BCUT2D eigenvalue weighted by Crippen LogP contribution is -2.45. The fourth-order valence-electron chi connectivity index (χ4n) is 2.33. The van der Waals surface area contributed by atoms with E-state index in [0.717, 1.165) is 13.0 Å². The van der Waals surface area contributed by atoms with Crippen LogP contribution >= 0.6 is 27.3 Å². The quantitative estimate of drug-likeness (QED) is 0.907. The van der Waals surface area contributed by atoms with Crippen molar-refractivity contribution in [2.75, 3.05) is 13.1 Å². The molecule has 2 unspecified atom stereocenters. The summed E-state index contributed by atoms with van der Waals surface area (Å²) in [6, 6.07) is 5.05. The zero-order valence-corrected chi connectivity index (χ0v) is 11.4. The number of nitrogens with zero attached hydrogens (tertiary/aromatic N) is 1. The van der Waals surface area contributed by atoms with Gasteiger partial charge in [-0.05, 0) is 54.0 Å². The molecule has 0 aliphatic carbocycles. The first-order valence-electron chi connectivity index (χ1n) is 5.47. The minimum atomic E-state index is 0.296. The molecule has 4 heteroatoms. The molecule has 2 N–H and O–H groups in total. The molecule has 1 aromatic heterocycles. The molecule has 1 saturated heterocycles. The van der Waals surface area contributed by atoms with Gasteiger partial charge in [0.2, 0.25) is 0 Å². The number of hydrogen-bond donors (Lipinski definition) is 1. The molecule has 0 spiro atoms. The lowest BCUT2D eigenvalue weighted by Gasteiger charge is -2.38. The summed E-state index contributed by atoms with van der Waals surface area (Å²) >= 11 is 5.33. The normalized spacial score (nSPS) is 28.2. The second-order valence-electron chi connectivity index (χ2n) is 4.02. The zero-order chi connectivity index (χ0) is 10.8. The van der Waals surface area contributed by atoms with E-state index < -0.39 is 0 Å². The SMILES string of the molecule is CCN1CCCC(N)C1c1ccc(Br)s1. The summed E-state index contributed by atoms with van der Waals surface area (Å²) in [7, 11) is 0. The molecule has 2 atom stereocenters. The Balaban J connectivity index is 2.22. The molecule has 2 nitrogen and oxygen atoms in total. The number of rotatable bonds is 2. The van der Waals surface area contributed by atoms with Gasteiger partial charge in [0.05, 0.1) is 9.83 Å². The summed E-state index contributed by atoms with van der Waals surface area (Å²) in [6.07, 6.45) is 2.38. The highest BCUT2D eigenvalue weighted by atomic mass is 79.9. The average Bonchev–Trinajstić information content (AvgIpc) is 2.64. The Morgan fingerprint density at radius 3 is 3.00 bits per heavy atom. The van der Waals surface area contributed by atoms with E-state index >= 15 is 0 Å². The predicted molar refractivity (Wildman–Crippen MR) is 69.2 cm³/mol. The number of nitrogens with two attached hydrogens (primary N) is 1. The van der Waals surface area contributed by atoms with Gasteiger partial charge in [-0.15, -0.1) is 11.3 Å². The van der Waals surface area contributed by atoms with Crippen LogP contribution in [0.5, 0.6) is 0 Å². The van der Waals surface area contributed by atoms with E-state index in [9.17, 15) is 0 Å². The summed E-state index contributed by atoms with van der Waals surface area (Å²) in [5, 5.41) is 0. The van der Waals surface area contributed by atoms with Gasteiger partial charge >= 0.3 is 0 Å². The fourth-order valence-corrected chi connectivity index (χ4v) is 3.97. The maximum Gasteiger partial charge on any atom is 0.0702 e. The zero-order valence-electron chi connectivity index (χ0n) is 8.95. The van der Waals surface area contributed by atoms with E-state index in [1.807, 2.05) is 11.3 Å². The van der Waals surface area contributed by atoms with Crippen LogP contribution in [0.15, 0.2) is 15.9 Å². The number of halogens is 1. The number of hydrogen-bond acceptors (Lipinski definition) is 3. The van der Waals surface area contributed by atoms with E-state index in [0.29, 0.717) is 12.1 Å². The minimum absolute atomic E-state index is 0.296. The van der Waals surface area contributed by atoms with Crippen molar-refractivity contribution in [3.05, 3.63) is 20.8 Å². The third kappa shape index (κ3) is 2.44. The first kappa shape index (κ1) is 11.6. The number of likely N-dealkylation sites (tertiary alicyclic amines) is 1. The van der Waals surface area contributed by atoms with Gasteiger partial charge in [-0.3, -0.25) is 4.90 Å². The Labute approximate surface area is 104 Å². The molecule has 15 heavy (non-hydrogen) atoms. The summed E-state index contributed by atoms with van der Waals surface area (Å²) < 4.78 is 1.20. The van der Waals surface area contributed by atoms with Crippen LogP contribution in [0.1, 0.15) is 30.7 Å². The highest BCUT2D eigenvalue weighted by Crippen LogP contribution is 2.35. The van der Waals surface area contributed by atoms with Gasteiger partial charge in [0, 0.05) is 10.9 Å². The van der Waals surface area contributed by atoms with Crippen LogP contribution in [0, 0.1) is 0 Å². The van der Waals surface area contributed by atoms with Crippen molar-refractivity contribution in [1.29, 1.82) is 0 Å². The number of thiophene rings is 1. The van der Waals surface area contributed by atoms with Gasteiger partial charge in [-0.2, -0.15) is 0 Å².